The summed E-state index contributed by atoms with van der Waals surface area (Å²) in [5.74, 6) is -0.460. The molecule has 5 nitrogen and oxygen atoms in total. The first-order valence-corrected chi connectivity index (χ1v) is 5.51. The molecule has 1 atom stereocenters. The minimum absolute atomic E-state index is 0.0212. The smallest absolute Gasteiger partial charge is 0.252 e. The summed E-state index contributed by atoms with van der Waals surface area (Å²) in [7, 11) is 0. The van der Waals surface area contributed by atoms with Gasteiger partial charge in [0, 0.05) is 5.56 Å². The van der Waals surface area contributed by atoms with E-state index in [9.17, 15) is 14.7 Å². The summed E-state index contributed by atoms with van der Waals surface area (Å²) in [5, 5.41) is 11.9. The summed E-state index contributed by atoms with van der Waals surface area (Å²) in [6.07, 6.45) is 1.23. The van der Waals surface area contributed by atoms with Crippen LogP contribution in [0.5, 0.6) is 5.75 Å². The summed E-state index contributed by atoms with van der Waals surface area (Å²) in [5.41, 5.74) is 5.99. The third kappa shape index (κ3) is 2.14. The molecular formula is C12H14N2O3. The molecule has 17 heavy (non-hydrogen) atoms. The lowest BCUT2D eigenvalue weighted by molar-refractivity contribution is 0.0822. The highest BCUT2D eigenvalue weighted by Crippen LogP contribution is 2.22. The molecule has 0 saturated heterocycles. The number of hydrogen-bond donors (Lipinski definition) is 3. The minimum atomic E-state index is -0.497. The Kier molecular flexibility index (Phi) is 3.10. The number of ketones is 1. The van der Waals surface area contributed by atoms with E-state index < -0.39 is 6.04 Å². The van der Waals surface area contributed by atoms with Gasteiger partial charge in [-0.25, -0.2) is 0 Å². The van der Waals surface area contributed by atoms with Gasteiger partial charge in [0.15, 0.2) is 5.78 Å². The summed E-state index contributed by atoms with van der Waals surface area (Å²) in [4.78, 5) is 23.8. The number of rotatable bonds is 3. The molecule has 1 aliphatic rings. The van der Waals surface area contributed by atoms with Gasteiger partial charge in [0.2, 0.25) is 0 Å². The molecule has 0 radical (unpaired) electrons. The molecule has 1 aromatic carbocycles. The van der Waals surface area contributed by atoms with Gasteiger partial charge in [-0.15, -0.1) is 0 Å². The highest BCUT2D eigenvalue weighted by molar-refractivity contribution is 6.15. The monoisotopic (exact) mass is 234 g/mol. The van der Waals surface area contributed by atoms with Crippen LogP contribution in [0.2, 0.25) is 0 Å². The number of carbonyl (C=O) groups excluding carboxylic acids is 2. The van der Waals surface area contributed by atoms with Crippen molar-refractivity contribution >= 4 is 11.7 Å². The van der Waals surface area contributed by atoms with E-state index in [4.69, 9.17) is 5.73 Å². The molecule has 0 aromatic heterocycles. The largest absolute Gasteiger partial charge is 0.508 e. The molecule has 4 N–H and O–H groups in total. The van der Waals surface area contributed by atoms with E-state index in [0.29, 0.717) is 24.9 Å². The van der Waals surface area contributed by atoms with Gasteiger partial charge < -0.3 is 16.2 Å². The topological polar surface area (TPSA) is 92.4 Å². The van der Waals surface area contributed by atoms with E-state index in [1.165, 1.54) is 18.2 Å². The fraction of sp³-hybridized carbons (Fsp3) is 0.333. The van der Waals surface area contributed by atoms with Crippen LogP contribution in [0.1, 0.15) is 33.6 Å². The van der Waals surface area contributed by atoms with Crippen molar-refractivity contribution in [2.45, 2.75) is 18.9 Å². The fourth-order valence-corrected chi connectivity index (χ4v) is 1.95. The van der Waals surface area contributed by atoms with E-state index in [0.717, 1.165) is 0 Å². The van der Waals surface area contributed by atoms with E-state index in [-0.39, 0.29) is 23.0 Å². The zero-order chi connectivity index (χ0) is 12.4. The molecule has 0 saturated carbocycles. The van der Waals surface area contributed by atoms with Gasteiger partial charge >= 0.3 is 0 Å². The van der Waals surface area contributed by atoms with Crippen molar-refractivity contribution in [3.05, 3.63) is 29.3 Å². The van der Waals surface area contributed by atoms with Crippen LogP contribution < -0.4 is 11.1 Å². The highest BCUT2D eigenvalue weighted by atomic mass is 16.3. The van der Waals surface area contributed by atoms with Gasteiger partial charge in [-0.3, -0.25) is 9.59 Å². The predicted molar refractivity (Wildman–Crippen MR) is 62.0 cm³/mol. The minimum Gasteiger partial charge on any atom is -0.508 e. The predicted octanol–water partition coefficient (Wildman–Crippen LogP) is 0.426. The first-order valence-electron chi connectivity index (χ1n) is 5.51. The maximum Gasteiger partial charge on any atom is 0.252 e. The van der Waals surface area contributed by atoms with Gasteiger partial charge in [-0.05, 0) is 37.6 Å². The SMILES string of the molecule is NCCC[C@@H]1NC(=O)c2cc(O)ccc2C1=O. The summed E-state index contributed by atoms with van der Waals surface area (Å²) in [6, 6.07) is 3.71. The molecule has 0 fully saturated rings. The number of Topliss-reactive ketones (excluding diaryl/α,β-unsaturated/α-hetero) is 1. The van der Waals surface area contributed by atoms with Crippen molar-refractivity contribution < 1.29 is 14.7 Å². The summed E-state index contributed by atoms with van der Waals surface area (Å²) >= 11 is 0. The molecule has 0 spiro atoms. The lowest BCUT2D eigenvalue weighted by Crippen LogP contribution is -2.46. The highest BCUT2D eigenvalue weighted by Gasteiger charge is 2.31. The van der Waals surface area contributed by atoms with Crippen LogP contribution in [-0.4, -0.2) is 29.4 Å². The Hall–Kier alpha value is -1.88. The molecule has 1 amide bonds. The zero-order valence-electron chi connectivity index (χ0n) is 9.27. The Morgan fingerprint density at radius 3 is 2.76 bits per heavy atom. The Labute approximate surface area is 98.6 Å². The van der Waals surface area contributed by atoms with Gasteiger partial charge in [0.1, 0.15) is 5.75 Å². The molecule has 90 valence electrons. The second-order valence-corrected chi connectivity index (χ2v) is 4.05. The number of fused-ring (bicyclic) bond motifs is 1. The first kappa shape index (κ1) is 11.6. The number of hydrogen-bond acceptors (Lipinski definition) is 4. The summed E-state index contributed by atoms with van der Waals surface area (Å²) < 4.78 is 0. The van der Waals surface area contributed by atoms with E-state index in [1.807, 2.05) is 0 Å². The number of nitrogens with two attached hydrogens (primary N) is 1. The van der Waals surface area contributed by atoms with Crippen LogP contribution in [-0.2, 0) is 0 Å². The van der Waals surface area contributed by atoms with Crippen molar-refractivity contribution in [2.75, 3.05) is 6.54 Å². The van der Waals surface area contributed by atoms with E-state index in [2.05, 4.69) is 5.32 Å². The van der Waals surface area contributed by atoms with Crippen LogP contribution in [0.3, 0.4) is 0 Å². The van der Waals surface area contributed by atoms with Crippen LogP contribution in [0.4, 0.5) is 0 Å². The van der Waals surface area contributed by atoms with Crippen LogP contribution in [0, 0.1) is 0 Å². The molecule has 2 rings (SSSR count). The standard InChI is InChI=1S/C12H14N2O3/c13-5-1-2-10-11(16)8-4-3-7(15)6-9(8)12(17)14-10/h3-4,6,10,15H,1-2,5,13H2,(H,14,17)/t10-/m0/s1. The third-order valence-electron chi connectivity index (χ3n) is 2.83. The average Bonchev–Trinajstić information content (AvgIpc) is 2.32. The number of amides is 1. The van der Waals surface area contributed by atoms with Crippen molar-refractivity contribution in [3.63, 3.8) is 0 Å². The van der Waals surface area contributed by atoms with Crippen molar-refractivity contribution in [1.82, 2.24) is 5.32 Å². The molecular weight excluding hydrogens is 220 g/mol. The molecule has 1 aliphatic heterocycles. The number of benzene rings is 1. The molecule has 1 aromatic rings. The number of phenolic OH excluding ortho intramolecular Hbond substituents is 1. The fourth-order valence-electron chi connectivity index (χ4n) is 1.95. The second kappa shape index (κ2) is 4.55. The maximum atomic E-state index is 12.0. The third-order valence-corrected chi connectivity index (χ3v) is 2.83. The molecule has 5 heteroatoms. The molecule has 0 bridgehead atoms. The average molecular weight is 234 g/mol. The van der Waals surface area contributed by atoms with Crippen molar-refractivity contribution in [1.29, 1.82) is 0 Å². The van der Waals surface area contributed by atoms with Gasteiger partial charge in [0.25, 0.3) is 5.91 Å². The molecule has 0 aliphatic carbocycles. The number of phenols is 1. The molecule has 0 unspecified atom stereocenters. The Bertz CT molecular complexity index is 471. The lowest BCUT2D eigenvalue weighted by atomic mass is 9.91. The van der Waals surface area contributed by atoms with Crippen LogP contribution in [0.15, 0.2) is 18.2 Å². The maximum absolute atomic E-state index is 12.0. The Morgan fingerprint density at radius 1 is 1.29 bits per heavy atom. The van der Waals surface area contributed by atoms with Gasteiger partial charge in [0.05, 0.1) is 11.6 Å². The van der Waals surface area contributed by atoms with E-state index in [1.54, 1.807) is 0 Å². The Morgan fingerprint density at radius 2 is 2.06 bits per heavy atom. The zero-order valence-corrected chi connectivity index (χ0v) is 9.27. The summed E-state index contributed by atoms with van der Waals surface area (Å²) in [6.45, 7) is 0.488. The van der Waals surface area contributed by atoms with Gasteiger partial charge in [-0.1, -0.05) is 0 Å². The second-order valence-electron chi connectivity index (χ2n) is 4.05. The number of carbonyl (C=O) groups is 2. The molecule has 1 heterocycles. The number of nitrogens with one attached hydrogen (secondary N) is 1. The van der Waals surface area contributed by atoms with Crippen LogP contribution in [0.25, 0.3) is 0 Å². The quantitative estimate of drug-likeness (QED) is 0.707. The van der Waals surface area contributed by atoms with Crippen LogP contribution >= 0.6 is 0 Å². The van der Waals surface area contributed by atoms with Gasteiger partial charge in [-0.2, -0.15) is 0 Å². The number of aromatic hydroxyl groups is 1. The van der Waals surface area contributed by atoms with Crippen molar-refractivity contribution in [2.24, 2.45) is 5.73 Å². The normalized spacial score (nSPS) is 18.8. The lowest BCUT2D eigenvalue weighted by Gasteiger charge is -2.24. The van der Waals surface area contributed by atoms with E-state index >= 15 is 0 Å². The first-order chi connectivity index (χ1) is 8.13. The Balaban J connectivity index is 2.31. The van der Waals surface area contributed by atoms with Crippen molar-refractivity contribution in [3.8, 4) is 5.75 Å².